The number of benzene rings is 2. The SMILES string of the molecule is COc1ccc(NC(C)=O)cc1CCNC(=O)c1ccc(C)c(C)c1. The summed E-state index contributed by atoms with van der Waals surface area (Å²) >= 11 is 0. The number of ether oxygens (including phenoxy) is 1. The van der Waals surface area contributed by atoms with Crippen LogP contribution >= 0.6 is 0 Å². The first-order valence-electron chi connectivity index (χ1n) is 8.20. The van der Waals surface area contributed by atoms with E-state index < -0.39 is 0 Å². The summed E-state index contributed by atoms with van der Waals surface area (Å²) in [5, 5.41) is 5.68. The second-order valence-electron chi connectivity index (χ2n) is 6.01. The zero-order valence-corrected chi connectivity index (χ0v) is 15.1. The van der Waals surface area contributed by atoms with Crippen molar-refractivity contribution in [3.63, 3.8) is 0 Å². The van der Waals surface area contributed by atoms with Gasteiger partial charge in [0.25, 0.3) is 5.91 Å². The van der Waals surface area contributed by atoms with Crippen molar-refractivity contribution < 1.29 is 14.3 Å². The first-order chi connectivity index (χ1) is 11.9. The van der Waals surface area contributed by atoms with Gasteiger partial charge in [0.05, 0.1) is 7.11 Å². The number of methoxy groups -OCH3 is 1. The molecule has 2 N–H and O–H groups in total. The average molecular weight is 340 g/mol. The molecule has 2 amide bonds. The quantitative estimate of drug-likeness (QED) is 0.848. The molecule has 0 aliphatic carbocycles. The van der Waals surface area contributed by atoms with E-state index in [1.165, 1.54) is 6.92 Å². The van der Waals surface area contributed by atoms with Gasteiger partial charge < -0.3 is 15.4 Å². The largest absolute Gasteiger partial charge is 0.496 e. The Hall–Kier alpha value is -2.82. The molecular formula is C20H24N2O3. The molecular weight excluding hydrogens is 316 g/mol. The minimum absolute atomic E-state index is 0.0971. The summed E-state index contributed by atoms with van der Waals surface area (Å²) in [6, 6.07) is 11.1. The molecule has 0 unspecified atom stereocenters. The number of amides is 2. The molecule has 132 valence electrons. The molecule has 25 heavy (non-hydrogen) atoms. The Balaban J connectivity index is 2.01. The molecule has 0 bridgehead atoms. The maximum Gasteiger partial charge on any atom is 0.251 e. The number of nitrogens with one attached hydrogen (secondary N) is 2. The van der Waals surface area contributed by atoms with Crippen molar-refractivity contribution in [1.82, 2.24) is 5.32 Å². The number of rotatable bonds is 6. The summed E-state index contributed by atoms with van der Waals surface area (Å²) in [5.74, 6) is 0.508. The van der Waals surface area contributed by atoms with Gasteiger partial charge in [-0.1, -0.05) is 6.07 Å². The van der Waals surface area contributed by atoms with Crippen LogP contribution < -0.4 is 15.4 Å². The van der Waals surface area contributed by atoms with Gasteiger partial charge in [0, 0.05) is 24.7 Å². The van der Waals surface area contributed by atoms with Crippen molar-refractivity contribution in [3.05, 3.63) is 58.7 Å². The van der Waals surface area contributed by atoms with Crippen molar-refractivity contribution in [2.75, 3.05) is 19.0 Å². The van der Waals surface area contributed by atoms with Crippen LogP contribution in [0.1, 0.15) is 34.0 Å². The van der Waals surface area contributed by atoms with Crippen LogP contribution in [0, 0.1) is 13.8 Å². The van der Waals surface area contributed by atoms with Crippen LogP contribution in [0.25, 0.3) is 0 Å². The summed E-state index contributed by atoms with van der Waals surface area (Å²) in [4.78, 5) is 23.5. The molecule has 2 aromatic carbocycles. The Kier molecular flexibility index (Phi) is 6.17. The van der Waals surface area contributed by atoms with Gasteiger partial charge in [-0.05, 0) is 67.3 Å². The van der Waals surface area contributed by atoms with Crippen LogP contribution in [0.2, 0.25) is 0 Å². The molecule has 2 rings (SSSR count). The fourth-order valence-electron chi connectivity index (χ4n) is 2.55. The summed E-state index contributed by atoms with van der Waals surface area (Å²) in [5.41, 5.74) is 4.55. The number of anilines is 1. The molecule has 5 nitrogen and oxygen atoms in total. The normalized spacial score (nSPS) is 10.2. The van der Waals surface area contributed by atoms with E-state index in [4.69, 9.17) is 4.74 Å². The Morgan fingerprint density at radius 3 is 2.44 bits per heavy atom. The molecule has 5 heteroatoms. The number of carbonyl (C=O) groups is 2. The molecule has 0 saturated carbocycles. The molecule has 0 aliphatic rings. The van der Waals surface area contributed by atoms with Crippen LogP contribution in [0.5, 0.6) is 5.75 Å². The zero-order chi connectivity index (χ0) is 18.4. The molecule has 0 fully saturated rings. The van der Waals surface area contributed by atoms with Gasteiger partial charge in [0.1, 0.15) is 5.75 Å². The Labute approximate surface area is 148 Å². The van der Waals surface area contributed by atoms with E-state index in [0.717, 1.165) is 22.4 Å². The lowest BCUT2D eigenvalue weighted by Gasteiger charge is -2.12. The second kappa shape index (κ2) is 8.33. The van der Waals surface area contributed by atoms with Crippen LogP contribution in [-0.4, -0.2) is 25.5 Å². The van der Waals surface area contributed by atoms with Gasteiger partial charge in [-0.2, -0.15) is 0 Å². The fraction of sp³-hybridized carbons (Fsp3) is 0.300. The average Bonchev–Trinajstić information content (AvgIpc) is 2.57. The molecule has 0 aliphatic heterocycles. The molecule has 0 atom stereocenters. The third-order valence-electron chi connectivity index (χ3n) is 4.05. The Morgan fingerprint density at radius 2 is 1.80 bits per heavy atom. The Morgan fingerprint density at radius 1 is 1.04 bits per heavy atom. The molecule has 0 aromatic heterocycles. The number of hydrogen-bond donors (Lipinski definition) is 2. The first-order valence-corrected chi connectivity index (χ1v) is 8.20. The van der Waals surface area contributed by atoms with E-state index in [1.54, 1.807) is 13.2 Å². The summed E-state index contributed by atoms with van der Waals surface area (Å²) in [6.07, 6.45) is 0.604. The lowest BCUT2D eigenvalue weighted by atomic mass is 10.1. The van der Waals surface area contributed by atoms with Gasteiger partial charge >= 0.3 is 0 Å². The summed E-state index contributed by atoms with van der Waals surface area (Å²) < 4.78 is 5.35. The monoisotopic (exact) mass is 340 g/mol. The highest BCUT2D eigenvalue weighted by Gasteiger charge is 2.09. The van der Waals surface area contributed by atoms with Crippen LogP contribution in [0.15, 0.2) is 36.4 Å². The number of hydrogen-bond acceptors (Lipinski definition) is 3. The van der Waals surface area contributed by atoms with Crippen LogP contribution in [0.4, 0.5) is 5.69 Å². The lowest BCUT2D eigenvalue weighted by molar-refractivity contribution is -0.114. The van der Waals surface area contributed by atoms with Crippen molar-refractivity contribution in [3.8, 4) is 5.75 Å². The van der Waals surface area contributed by atoms with E-state index in [9.17, 15) is 9.59 Å². The Bertz CT molecular complexity index is 785. The van der Waals surface area contributed by atoms with Crippen molar-refractivity contribution in [2.24, 2.45) is 0 Å². The third kappa shape index (κ3) is 5.08. The van der Waals surface area contributed by atoms with E-state index in [-0.39, 0.29) is 11.8 Å². The highest BCUT2D eigenvalue weighted by molar-refractivity contribution is 5.94. The predicted molar refractivity (Wildman–Crippen MR) is 99.3 cm³/mol. The van der Waals surface area contributed by atoms with Gasteiger partial charge in [0.2, 0.25) is 5.91 Å². The van der Waals surface area contributed by atoms with Crippen molar-refractivity contribution >= 4 is 17.5 Å². The standard InChI is InChI=1S/C20H24N2O3/c1-13-5-6-17(11-14(13)2)20(24)21-10-9-16-12-18(22-15(3)23)7-8-19(16)25-4/h5-8,11-12H,9-10H2,1-4H3,(H,21,24)(H,22,23). The summed E-state index contributed by atoms with van der Waals surface area (Å²) in [7, 11) is 1.60. The predicted octanol–water partition coefficient (Wildman–Crippen LogP) is 3.24. The van der Waals surface area contributed by atoms with E-state index >= 15 is 0 Å². The van der Waals surface area contributed by atoms with E-state index in [0.29, 0.717) is 24.2 Å². The van der Waals surface area contributed by atoms with E-state index in [1.807, 2.05) is 44.2 Å². The van der Waals surface area contributed by atoms with Gasteiger partial charge in [-0.3, -0.25) is 9.59 Å². The molecule has 2 aromatic rings. The first kappa shape index (κ1) is 18.5. The molecule has 0 spiro atoms. The van der Waals surface area contributed by atoms with Crippen LogP contribution in [0.3, 0.4) is 0 Å². The minimum atomic E-state index is -0.126. The molecule has 0 radical (unpaired) electrons. The summed E-state index contributed by atoms with van der Waals surface area (Å²) in [6.45, 7) is 5.95. The van der Waals surface area contributed by atoms with Gasteiger partial charge in [0.15, 0.2) is 0 Å². The van der Waals surface area contributed by atoms with E-state index in [2.05, 4.69) is 10.6 Å². The van der Waals surface area contributed by atoms with Crippen molar-refractivity contribution in [1.29, 1.82) is 0 Å². The number of carbonyl (C=O) groups excluding carboxylic acids is 2. The highest BCUT2D eigenvalue weighted by atomic mass is 16.5. The maximum absolute atomic E-state index is 12.3. The second-order valence-corrected chi connectivity index (χ2v) is 6.01. The fourth-order valence-corrected chi connectivity index (χ4v) is 2.55. The van der Waals surface area contributed by atoms with Crippen LogP contribution in [-0.2, 0) is 11.2 Å². The van der Waals surface area contributed by atoms with Gasteiger partial charge in [-0.15, -0.1) is 0 Å². The maximum atomic E-state index is 12.3. The van der Waals surface area contributed by atoms with Gasteiger partial charge in [-0.25, -0.2) is 0 Å². The smallest absolute Gasteiger partial charge is 0.251 e. The number of aryl methyl sites for hydroxylation is 2. The minimum Gasteiger partial charge on any atom is -0.496 e. The highest BCUT2D eigenvalue weighted by Crippen LogP contribution is 2.23. The van der Waals surface area contributed by atoms with Crippen molar-refractivity contribution in [2.45, 2.75) is 27.2 Å². The molecule has 0 heterocycles. The third-order valence-corrected chi connectivity index (χ3v) is 4.05. The lowest BCUT2D eigenvalue weighted by Crippen LogP contribution is -2.26. The zero-order valence-electron chi connectivity index (χ0n) is 15.1. The topological polar surface area (TPSA) is 67.4 Å². The molecule has 0 saturated heterocycles.